The molecule has 1 fully saturated rings. The van der Waals surface area contributed by atoms with Gasteiger partial charge in [-0.2, -0.15) is 0 Å². The fourth-order valence-corrected chi connectivity index (χ4v) is 4.31. The van der Waals surface area contributed by atoms with Crippen LogP contribution in [-0.4, -0.2) is 64.0 Å². The first kappa shape index (κ1) is 22.9. The highest BCUT2D eigenvalue weighted by Gasteiger charge is 2.55. The summed E-state index contributed by atoms with van der Waals surface area (Å²) in [6.45, 7) is -0.740. The number of halogens is 3. The van der Waals surface area contributed by atoms with E-state index in [1.54, 1.807) is 24.3 Å². The highest BCUT2D eigenvalue weighted by molar-refractivity contribution is 8.00. The normalized spacial score (nSPS) is 20.8. The van der Waals surface area contributed by atoms with Crippen LogP contribution in [0.3, 0.4) is 0 Å². The number of esters is 1. The molecule has 1 saturated heterocycles. The van der Waals surface area contributed by atoms with Crippen LogP contribution in [0.2, 0.25) is 0 Å². The summed E-state index contributed by atoms with van der Waals surface area (Å²) < 4.78 is 13.8. The van der Waals surface area contributed by atoms with Crippen molar-refractivity contribution in [3.8, 4) is 5.75 Å². The first-order valence-electron chi connectivity index (χ1n) is 8.64. The number of β-lactam (4-membered cyclic amide) rings is 1. The number of para-hydroxylation sites is 1. The van der Waals surface area contributed by atoms with Gasteiger partial charge in [0, 0.05) is 0 Å². The molecule has 2 heterocycles. The van der Waals surface area contributed by atoms with Crippen LogP contribution < -0.4 is 10.1 Å². The fraction of sp³-hybridized carbons (Fsp3) is 0.389. The van der Waals surface area contributed by atoms with Gasteiger partial charge >= 0.3 is 5.97 Å². The lowest BCUT2D eigenvalue weighted by molar-refractivity contribution is -0.153. The van der Waals surface area contributed by atoms with Crippen molar-refractivity contribution in [2.45, 2.75) is 15.2 Å². The van der Waals surface area contributed by atoms with Crippen molar-refractivity contribution in [1.29, 1.82) is 0 Å². The van der Waals surface area contributed by atoms with Crippen LogP contribution in [0.25, 0.3) is 0 Å². The Hall–Kier alpha value is -1.81. The maximum absolute atomic E-state index is 12.7. The number of methoxy groups -OCH3 is 1. The average Bonchev–Trinajstić information content (AvgIpc) is 2.73. The number of rotatable bonds is 7. The number of ether oxygens (including phenoxy) is 3. The molecule has 3 rings (SSSR count). The van der Waals surface area contributed by atoms with Gasteiger partial charge in [-0.1, -0.05) is 53.0 Å². The number of hydrogen-bond acceptors (Lipinski definition) is 7. The van der Waals surface area contributed by atoms with Crippen molar-refractivity contribution in [2.75, 3.05) is 26.1 Å². The number of fused-ring (bicyclic) bond motifs is 1. The van der Waals surface area contributed by atoms with Gasteiger partial charge in [-0.3, -0.25) is 14.5 Å². The third-order valence-corrected chi connectivity index (χ3v) is 5.75. The summed E-state index contributed by atoms with van der Waals surface area (Å²) in [7, 11) is 1.38. The van der Waals surface area contributed by atoms with Crippen LogP contribution in [0.5, 0.6) is 5.75 Å². The molecule has 1 aromatic carbocycles. The van der Waals surface area contributed by atoms with E-state index in [2.05, 4.69) is 5.32 Å². The van der Waals surface area contributed by atoms with Gasteiger partial charge < -0.3 is 19.5 Å². The molecular weight excluding hydrogens is 479 g/mol. The molecule has 30 heavy (non-hydrogen) atoms. The van der Waals surface area contributed by atoms with E-state index < -0.39 is 39.6 Å². The Kier molecular flexibility index (Phi) is 7.28. The van der Waals surface area contributed by atoms with E-state index in [4.69, 9.17) is 49.0 Å². The van der Waals surface area contributed by atoms with Gasteiger partial charge in [0.15, 0.2) is 12.3 Å². The highest BCUT2D eigenvalue weighted by Crippen LogP contribution is 2.41. The molecule has 1 unspecified atom stereocenters. The van der Waals surface area contributed by atoms with E-state index in [9.17, 15) is 14.4 Å². The van der Waals surface area contributed by atoms with Crippen LogP contribution in [0.4, 0.5) is 0 Å². The van der Waals surface area contributed by atoms with Crippen LogP contribution >= 0.6 is 46.6 Å². The van der Waals surface area contributed by atoms with Crippen LogP contribution in [0, 0.1) is 0 Å². The van der Waals surface area contributed by atoms with Crippen LogP contribution in [-0.2, 0) is 23.9 Å². The first-order chi connectivity index (χ1) is 14.2. The molecule has 2 aliphatic heterocycles. The lowest BCUT2D eigenvalue weighted by Gasteiger charge is -2.49. The zero-order valence-corrected chi connectivity index (χ0v) is 18.7. The van der Waals surface area contributed by atoms with Gasteiger partial charge in [0.25, 0.3) is 11.8 Å². The smallest absolute Gasteiger partial charge is 0.358 e. The number of alkyl halides is 3. The second-order valence-corrected chi connectivity index (χ2v) is 9.84. The van der Waals surface area contributed by atoms with Crippen molar-refractivity contribution in [1.82, 2.24) is 10.2 Å². The molecule has 1 aromatic rings. The number of carbonyl (C=O) groups is 3. The third kappa shape index (κ3) is 5.26. The molecule has 12 heteroatoms. The molecule has 0 aliphatic carbocycles. The van der Waals surface area contributed by atoms with E-state index in [1.165, 1.54) is 23.8 Å². The molecule has 0 bridgehead atoms. The van der Waals surface area contributed by atoms with E-state index in [0.29, 0.717) is 11.5 Å². The number of carbonyl (C=O) groups excluding carboxylic acids is 3. The molecule has 2 amide bonds. The zero-order valence-electron chi connectivity index (χ0n) is 15.6. The first-order valence-corrected chi connectivity index (χ1v) is 10.8. The predicted molar refractivity (Wildman–Crippen MR) is 112 cm³/mol. The van der Waals surface area contributed by atoms with Crippen molar-refractivity contribution < 1.29 is 28.6 Å². The minimum Gasteiger partial charge on any atom is -0.498 e. The number of nitrogens with one attached hydrogen (secondary N) is 1. The zero-order chi connectivity index (χ0) is 21.9. The summed E-state index contributed by atoms with van der Waals surface area (Å²) in [6.07, 6.45) is 0. The highest BCUT2D eigenvalue weighted by atomic mass is 35.6. The molecule has 162 valence electrons. The standard InChI is InChI=1S/C18H17Cl3N2O6S/c1-27-11-8-30-16-13(22-12(24)7-28-10-5-3-2-4-6-10)15(25)23(16)14(11)17(26)29-9-18(19,20)21/h2-6,13,16H,7-9H2,1H3,(H,22,24)/t13?,16-/m1/s1. The van der Waals surface area contributed by atoms with Crippen LogP contribution in [0.1, 0.15) is 0 Å². The summed E-state index contributed by atoms with van der Waals surface area (Å²) in [5.41, 5.74) is -0.0634. The average molecular weight is 496 g/mol. The Bertz CT molecular complexity index is 861. The Balaban J connectivity index is 1.62. The molecule has 0 saturated carbocycles. The van der Waals surface area contributed by atoms with Gasteiger partial charge in [0.1, 0.15) is 29.5 Å². The number of thioether (sulfide) groups is 1. The minimum atomic E-state index is -1.79. The SMILES string of the molecule is COC1=C(C(=O)OCC(Cl)(Cl)Cl)N2C(=O)C(NC(=O)COc3ccccc3)[C@H]2SC1. The van der Waals surface area contributed by atoms with E-state index >= 15 is 0 Å². The molecule has 2 aliphatic rings. The number of hydrogen-bond donors (Lipinski definition) is 1. The second kappa shape index (κ2) is 9.55. The predicted octanol–water partition coefficient (Wildman–Crippen LogP) is 2.24. The van der Waals surface area contributed by atoms with Gasteiger partial charge in [-0.15, -0.1) is 11.8 Å². The van der Waals surface area contributed by atoms with Gasteiger partial charge in [0.05, 0.1) is 12.9 Å². The Labute approximate surface area is 191 Å². The maximum atomic E-state index is 12.7. The summed E-state index contributed by atoms with van der Waals surface area (Å²) in [5, 5.41) is 2.14. The molecule has 0 radical (unpaired) electrons. The largest absolute Gasteiger partial charge is 0.498 e. The Morgan fingerprint density at radius 2 is 1.97 bits per heavy atom. The molecule has 0 aromatic heterocycles. The van der Waals surface area contributed by atoms with E-state index in [-0.39, 0.29) is 18.1 Å². The van der Waals surface area contributed by atoms with Crippen molar-refractivity contribution in [3.63, 3.8) is 0 Å². The Morgan fingerprint density at radius 1 is 1.27 bits per heavy atom. The van der Waals surface area contributed by atoms with Gasteiger partial charge in [0.2, 0.25) is 3.79 Å². The molecule has 8 nitrogen and oxygen atoms in total. The molecule has 0 spiro atoms. The lowest BCUT2D eigenvalue weighted by Crippen LogP contribution is -2.71. The summed E-state index contributed by atoms with van der Waals surface area (Å²) in [5.74, 6) is -0.691. The number of nitrogens with zero attached hydrogens (tertiary/aromatic N) is 1. The second-order valence-electron chi connectivity index (χ2n) is 6.22. The summed E-state index contributed by atoms with van der Waals surface area (Å²) in [4.78, 5) is 38.6. The van der Waals surface area contributed by atoms with E-state index in [1.807, 2.05) is 6.07 Å². The molecule has 2 atom stereocenters. The topological polar surface area (TPSA) is 94.2 Å². The minimum absolute atomic E-state index is 0.0634. The number of amides is 2. The van der Waals surface area contributed by atoms with Gasteiger partial charge in [-0.05, 0) is 12.1 Å². The van der Waals surface area contributed by atoms with Gasteiger partial charge in [-0.25, -0.2) is 4.79 Å². The van der Waals surface area contributed by atoms with Crippen LogP contribution in [0.15, 0.2) is 41.8 Å². The maximum Gasteiger partial charge on any atom is 0.358 e. The fourth-order valence-electron chi connectivity index (χ4n) is 2.83. The summed E-state index contributed by atoms with van der Waals surface area (Å²) >= 11 is 18.2. The van der Waals surface area contributed by atoms with E-state index in [0.717, 1.165) is 0 Å². The van der Waals surface area contributed by atoms with Crippen molar-refractivity contribution >= 4 is 64.3 Å². The molecular formula is C18H17Cl3N2O6S. The molecule has 1 N–H and O–H groups in total. The number of benzene rings is 1. The summed E-state index contributed by atoms with van der Waals surface area (Å²) in [6, 6.07) is 8.01. The lowest BCUT2D eigenvalue weighted by atomic mass is 10.0. The quantitative estimate of drug-likeness (QED) is 0.352. The third-order valence-electron chi connectivity index (χ3n) is 4.17. The van der Waals surface area contributed by atoms with Crippen molar-refractivity contribution in [2.24, 2.45) is 0 Å². The Morgan fingerprint density at radius 3 is 2.60 bits per heavy atom. The van der Waals surface area contributed by atoms with Crippen molar-refractivity contribution in [3.05, 3.63) is 41.8 Å². The monoisotopic (exact) mass is 494 g/mol.